The molecule has 0 fully saturated rings. The second-order valence-corrected chi connectivity index (χ2v) is 4.82. The number of nitrogen functional groups attached to an aromatic ring is 1. The quantitative estimate of drug-likeness (QED) is 0.306. The van der Waals surface area contributed by atoms with Crippen LogP contribution in [0.2, 0.25) is 0 Å². The molecule has 4 N–H and O–H groups in total. The highest BCUT2D eigenvalue weighted by Crippen LogP contribution is 2.11. The van der Waals surface area contributed by atoms with Crippen molar-refractivity contribution in [2.75, 3.05) is 12.3 Å². The van der Waals surface area contributed by atoms with Crippen molar-refractivity contribution < 1.29 is 10.0 Å². The summed E-state index contributed by atoms with van der Waals surface area (Å²) in [6.45, 7) is 1.20. The predicted octanol–water partition coefficient (Wildman–Crippen LogP) is 0.307. The minimum Gasteiger partial charge on any atom is -0.410 e. The number of thiazole rings is 1. The van der Waals surface area contributed by atoms with Crippen molar-refractivity contribution in [3.8, 4) is 0 Å². The van der Waals surface area contributed by atoms with Gasteiger partial charge in [-0.3, -0.25) is 4.79 Å². The van der Waals surface area contributed by atoms with Crippen molar-refractivity contribution in [3.63, 3.8) is 0 Å². The van der Waals surface area contributed by atoms with Gasteiger partial charge < -0.3 is 20.8 Å². The summed E-state index contributed by atoms with van der Waals surface area (Å²) in [4.78, 5) is 19.7. The summed E-state index contributed by atoms with van der Waals surface area (Å²) in [6, 6.07) is 0. The summed E-state index contributed by atoms with van der Waals surface area (Å²) in [7, 11) is 0. The summed E-state index contributed by atoms with van der Waals surface area (Å²) in [5.74, 6) is -0.483. The lowest BCUT2D eigenvalue weighted by Crippen LogP contribution is -2.33. The molecule has 0 atom stereocenters. The Kier molecular flexibility index (Phi) is 4.66. The number of aryl methyl sites for hydroxylation is 1. The number of hydrogen-bond acceptors (Lipinski definition) is 7. The number of hydrogen-bond donors (Lipinski definition) is 3. The molecule has 20 heavy (non-hydrogen) atoms. The fraction of sp³-hybridized carbons (Fsp3) is 0.273. The number of imidazole rings is 1. The molecule has 2 aromatic heterocycles. The van der Waals surface area contributed by atoms with E-state index in [2.05, 4.69) is 20.4 Å². The largest absolute Gasteiger partial charge is 0.410 e. The molecule has 0 aliphatic carbocycles. The number of nitrogens with zero attached hydrogens (tertiary/aromatic N) is 4. The van der Waals surface area contributed by atoms with Crippen LogP contribution in [0, 0.1) is 0 Å². The number of oxime groups is 1. The number of aromatic nitrogens is 3. The number of carbonyl (C=O) groups excluding carboxylic acids is 1. The number of amides is 1. The maximum absolute atomic E-state index is 11.8. The molecule has 0 aliphatic heterocycles. The lowest BCUT2D eigenvalue weighted by molar-refractivity contribution is -0.114. The maximum Gasteiger partial charge on any atom is 0.275 e. The standard InChI is InChI=1S/C11H14N6O2S/c12-11-15-8(6-20-11)9(16-19)10(18)14-2-1-4-17-5-3-13-7-17/h3,5-7,19H,1-2,4H2,(H2,12,15)(H,14,18)/b16-9-. The summed E-state index contributed by atoms with van der Waals surface area (Å²) < 4.78 is 1.91. The van der Waals surface area contributed by atoms with E-state index in [1.807, 2.05) is 10.8 Å². The van der Waals surface area contributed by atoms with Crippen molar-refractivity contribution in [2.24, 2.45) is 5.16 Å². The van der Waals surface area contributed by atoms with Crippen molar-refractivity contribution in [3.05, 3.63) is 29.8 Å². The van der Waals surface area contributed by atoms with E-state index in [4.69, 9.17) is 10.9 Å². The Morgan fingerprint density at radius 3 is 3.05 bits per heavy atom. The SMILES string of the molecule is Nc1nc(/C(=N/O)C(=O)NCCCn2ccnc2)cs1. The van der Waals surface area contributed by atoms with Crippen molar-refractivity contribution >= 4 is 28.1 Å². The summed E-state index contributed by atoms with van der Waals surface area (Å²) in [5.41, 5.74) is 5.60. The lowest BCUT2D eigenvalue weighted by Gasteiger charge is -2.05. The third-order valence-electron chi connectivity index (χ3n) is 2.52. The smallest absolute Gasteiger partial charge is 0.275 e. The molecule has 8 nitrogen and oxygen atoms in total. The van der Waals surface area contributed by atoms with Gasteiger partial charge in [-0.15, -0.1) is 11.3 Å². The topological polar surface area (TPSA) is 118 Å². The van der Waals surface area contributed by atoms with Gasteiger partial charge in [0.15, 0.2) is 10.8 Å². The fourth-order valence-electron chi connectivity index (χ4n) is 1.58. The van der Waals surface area contributed by atoms with Gasteiger partial charge in [0, 0.05) is 30.9 Å². The molecule has 2 rings (SSSR count). The van der Waals surface area contributed by atoms with Gasteiger partial charge in [0.25, 0.3) is 5.91 Å². The Morgan fingerprint density at radius 1 is 1.60 bits per heavy atom. The van der Waals surface area contributed by atoms with Crippen LogP contribution in [0.4, 0.5) is 5.13 Å². The Balaban J connectivity index is 1.81. The van der Waals surface area contributed by atoms with Crippen LogP contribution < -0.4 is 11.1 Å². The average Bonchev–Trinajstić information content (AvgIpc) is 3.07. The van der Waals surface area contributed by atoms with Gasteiger partial charge in [0.05, 0.1) is 6.33 Å². The molecule has 0 unspecified atom stereocenters. The Labute approximate surface area is 119 Å². The summed E-state index contributed by atoms with van der Waals surface area (Å²) >= 11 is 1.18. The molecule has 0 aromatic carbocycles. The van der Waals surface area contributed by atoms with Gasteiger partial charge in [0.2, 0.25) is 0 Å². The van der Waals surface area contributed by atoms with Crippen LogP contribution >= 0.6 is 11.3 Å². The first kappa shape index (κ1) is 14.0. The number of anilines is 1. The van der Waals surface area contributed by atoms with E-state index < -0.39 is 5.91 Å². The molecule has 9 heteroatoms. The highest BCUT2D eigenvalue weighted by molar-refractivity contribution is 7.13. The molecule has 0 radical (unpaired) electrons. The van der Waals surface area contributed by atoms with Gasteiger partial charge in [-0.05, 0) is 6.42 Å². The van der Waals surface area contributed by atoms with Crippen LogP contribution in [-0.2, 0) is 11.3 Å². The second kappa shape index (κ2) is 6.66. The van der Waals surface area contributed by atoms with E-state index >= 15 is 0 Å². The van der Waals surface area contributed by atoms with Crippen LogP contribution in [0.15, 0.2) is 29.3 Å². The molecule has 0 bridgehead atoms. The van der Waals surface area contributed by atoms with Gasteiger partial charge in [-0.25, -0.2) is 9.97 Å². The molecular formula is C11H14N6O2S. The van der Waals surface area contributed by atoms with Crippen molar-refractivity contribution in [1.82, 2.24) is 19.9 Å². The molecule has 1 amide bonds. The molecular weight excluding hydrogens is 280 g/mol. The van der Waals surface area contributed by atoms with Gasteiger partial charge in [-0.2, -0.15) is 0 Å². The van der Waals surface area contributed by atoms with E-state index in [-0.39, 0.29) is 11.4 Å². The van der Waals surface area contributed by atoms with E-state index in [0.717, 1.165) is 13.0 Å². The highest BCUT2D eigenvalue weighted by atomic mass is 32.1. The Bertz CT molecular complexity index is 592. The van der Waals surface area contributed by atoms with Gasteiger partial charge in [0.1, 0.15) is 5.69 Å². The van der Waals surface area contributed by atoms with Crippen LogP contribution in [0.25, 0.3) is 0 Å². The first-order valence-corrected chi connectivity index (χ1v) is 6.76. The normalized spacial score (nSPS) is 11.5. The van der Waals surface area contributed by atoms with Crippen LogP contribution in [0.1, 0.15) is 12.1 Å². The van der Waals surface area contributed by atoms with Gasteiger partial charge >= 0.3 is 0 Å². The molecule has 0 aliphatic rings. The number of carbonyl (C=O) groups is 1. The van der Waals surface area contributed by atoms with E-state index in [1.165, 1.54) is 11.3 Å². The zero-order valence-corrected chi connectivity index (χ0v) is 11.4. The second-order valence-electron chi connectivity index (χ2n) is 3.93. The first-order chi connectivity index (χ1) is 9.70. The van der Waals surface area contributed by atoms with Crippen molar-refractivity contribution in [1.29, 1.82) is 0 Å². The van der Waals surface area contributed by atoms with E-state index in [9.17, 15) is 4.79 Å². The number of nitrogens with two attached hydrogens (primary N) is 1. The third kappa shape index (κ3) is 3.54. The van der Waals surface area contributed by atoms with E-state index in [1.54, 1.807) is 17.9 Å². The molecule has 106 valence electrons. The number of nitrogens with one attached hydrogen (secondary N) is 1. The molecule has 2 aromatic rings. The fourth-order valence-corrected chi connectivity index (χ4v) is 2.12. The average molecular weight is 294 g/mol. The lowest BCUT2D eigenvalue weighted by atomic mass is 10.2. The van der Waals surface area contributed by atoms with Crippen molar-refractivity contribution in [2.45, 2.75) is 13.0 Å². The summed E-state index contributed by atoms with van der Waals surface area (Å²) in [5, 5.41) is 16.4. The Morgan fingerprint density at radius 2 is 2.45 bits per heavy atom. The molecule has 2 heterocycles. The minimum atomic E-state index is -0.483. The zero-order valence-electron chi connectivity index (χ0n) is 10.6. The van der Waals surface area contributed by atoms with Crippen LogP contribution in [-0.4, -0.2) is 37.9 Å². The van der Waals surface area contributed by atoms with Gasteiger partial charge in [-0.1, -0.05) is 5.16 Å². The van der Waals surface area contributed by atoms with E-state index in [0.29, 0.717) is 11.7 Å². The highest BCUT2D eigenvalue weighted by Gasteiger charge is 2.17. The maximum atomic E-state index is 11.8. The zero-order chi connectivity index (χ0) is 14.4. The summed E-state index contributed by atoms with van der Waals surface area (Å²) in [6.07, 6.45) is 5.99. The number of rotatable bonds is 6. The third-order valence-corrected chi connectivity index (χ3v) is 3.19. The van der Waals surface area contributed by atoms with Crippen LogP contribution in [0.5, 0.6) is 0 Å². The molecule has 0 spiro atoms. The van der Waals surface area contributed by atoms with Crippen LogP contribution in [0.3, 0.4) is 0 Å². The molecule has 0 saturated carbocycles. The first-order valence-electron chi connectivity index (χ1n) is 5.88. The Hall–Kier alpha value is -2.42. The minimum absolute atomic E-state index is 0.138. The monoisotopic (exact) mass is 294 g/mol. The predicted molar refractivity (Wildman–Crippen MR) is 74.7 cm³/mol. The molecule has 0 saturated heterocycles.